The first-order chi connectivity index (χ1) is 5.79. The fourth-order valence-electron chi connectivity index (χ4n) is 0.710. The van der Waals surface area contributed by atoms with Crippen molar-refractivity contribution in [2.24, 2.45) is 0 Å². The van der Waals surface area contributed by atoms with Gasteiger partial charge in [-0.2, -0.15) is 10.2 Å². The number of aromatic nitrogens is 2. The van der Waals surface area contributed by atoms with E-state index in [1.807, 2.05) is 13.8 Å². The van der Waals surface area contributed by atoms with Crippen molar-refractivity contribution in [1.29, 1.82) is 0 Å². The van der Waals surface area contributed by atoms with Gasteiger partial charge < -0.3 is 0 Å². The molecule has 66 valence electrons. The van der Waals surface area contributed by atoms with E-state index < -0.39 is 0 Å². The van der Waals surface area contributed by atoms with Gasteiger partial charge in [0.15, 0.2) is 0 Å². The number of nitrogens with zero attached hydrogens (tertiary/aromatic N) is 2. The maximum atomic E-state index is 10.6. The van der Waals surface area contributed by atoms with Gasteiger partial charge >= 0.3 is 0 Å². The van der Waals surface area contributed by atoms with Gasteiger partial charge in [0.25, 0.3) is 0 Å². The van der Waals surface area contributed by atoms with Crippen LogP contribution in [-0.2, 0) is 11.2 Å². The van der Waals surface area contributed by atoms with Gasteiger partial charge in [-0.3, -0.25) is 4.79 Å². The average molecular weight is 166 g/mol. The first kappa shape index (κ1) is 10.8. The van der Waals surface area contributed by atoms with Gasteiger partial charge in [-0.25, -0.2) is 0 Å². The second-order valence-electron chi connectivity index (χ2n) is 2.13. The number of ketones is 1. The van der Waals surface area contributed by atoms with Crippen molar-refractivity contribution in [1.82, 2.24) is 10.2 Å². The first-order valence-electron chi connectivity index (χ1n) is 4.04. The Labute approximate surface area is 72.8 Å². The highest BCUT2D eigenvalue weighted by Crippen LogP contribution is 1.94. The summed E-state index contributed by atoms with van der Waals surface area (Å²) >= 11 is 0. The van der Waals surface area contributed by atoms with Crippen molar-refractivity contribution in [2.45, 2.75) is 27.2 Å². The highest BCUT2D eigenvalue weighted by molar-refractivity contribution is 5.77. The summed E-state index contributed by atoms with van der Waals surface area (Å²) in [5.74, 6) is 0.146. The zero-order chi connectivity index (χ0) is 9.40. The summed E-state index contributed by atoms with van der Waals surface area (Å²) in [5, 5.41) is 7.23. The second-order valence-corrected chi connectivity index (χ2v) is 2.13. The van der Waals surface area contributed by atoms with Gasteiger partial charge in [0.1, 0.15) is 5.78 Å². The second kappa shape index (κ2) is 6.46. The van der Waals surface area contributed by atoms with Crippen molar-refractivity contribution >= 4 is 5.78 Å². The molecule has 0 fully saturated rings. The lowest BCUT2D eigenvalue weighted by atomic mass is 10.2. The van der Waals surface area contributed by atoms with Crippen LogP contribution in [0.3, 0.4) is 0 Å². The van der Waals surface area contributed by atoms with Gasteiger partial charge in [0.2, 0.25) is 0 Å². The minimum absolute atomic E-state index is 0.146. The van der Waals surface area contributed by atoms with Crippen LogP contribution in [0.25, 0.3) is 0 Å². The van der Waals surface area contributed by atoms with E-state index in [9.17, 15) is 4.79 Å². The number of carbonyl (C=O) groups is 1. The van der Waals surface area contributed by atoms with E-state index in [1.54, 1.807) is 25.4 Å². The molecular formula is C9H14N2O. The SMILES string of the molecule is CC.CC(=O)Cc1ccnnc1. The minimum Gasteiger partial charge on any atom is -0.300 e. The molecule has 1 aromatic rings. The molecule has 12 heavy (non-hydrogen) atoms. The Morgan fingerprint density at radius 3 is 2.50 bits per heavy atom. The molecule has 0 atom stereocenters. The molecule has 0 N–H and O–H groups in total. The number of hydrogen-bond acceptors (Lipinski definition) is 3. The Morgan fingerprint density at radius 2 is 2.08 bits per heavy atom. The lowest BCUT2D eigenvalue weighted by molar-refractivity contribution is -0.116. The Bertz CT molecular complexity index is 221. The van der Waals surface area contributed by atoms with Crippen LogP contribution in [0.15, 0.2) is 18.5 Å². The zero-order valence-electron chi connectivity index (χ0n) is 7.74. The summed E-state index contributed by atoms with van der Waals surface area (Å²) in [6.45, 7) is 5.56. The smallest absolute Gasteiger partial charge is 0.134 e. The molecule has 0 amide bonds. The Balaban J connectivity index is 0.000000561. The van der Waals surface area contributed by atoms with Crippen molar-refractivity contribution in [3.8, 4) is 0 Å². The number of hydrogen-bond donors (Lipinski definition) is 0. The van der Waals surface area contributed by atoms with Crippen LogP contribution in [0.5, 0.6) is 0 Å². The van der Waals surface area contributed by atoms with E-state index in [1.165, 1.54) is 0 Å². The zero-order valence-corrected chi connectivity index (χ0v) is 7.74. The Kier molecular flexibility index (Phi) is 5.79. The van der Waals surface area contributed by atoms with Crippen molar-refractivity contribution in [2.75, 3.05) is 0 Å². The molecule has 3 nitrogen and oxygen atoms in total. The van der Waals surface area contributed by atoms with Crippen LogP contribution in [-0.4, -0.2) is 16.0 Å². The quantitative estimate of drug-likeness (QED) is 0.670. The van der Waals surface area contributed by atoms with Crippen LogP contribution >= 0.6 is 0 Å². The molecular weight excluding hydrogens is 152 g/mol. The fraction of sp³-hybridized carbons (Fsp3) is 0.444. The summed E-state index contributed by atoms with van der Waals surface area (Å²) < 4.78 is 0. The van der Waals surface area contributed by atoms with Crippen molar-refractivity contribution in [3.63, 3.8) is 0 Å². The van der Waals surface area contributed by atoms with Crippen molar-refractivity contribution in [3.05, 3.63) is 24.0 Å². The summed E-state index contributed by atoms with van der Waals surface area (Å²) in [5.41, 5.74) is 0.919. The molecule has 1 rings (SSSR count). The summed E-state index contributed by atoms with van der Waals surface area (Å²) in [6.07, 6.45) is 3.63. The molecule has 0 aliphatic rings. The third-order valence-corrected chi connectivity index (χ3v) is 1.10. The number of Topliss-reactive ketones (excluding diaryl/α,β-unsaturated/α-hetero) is 1. The van der Waals surface area contributed by atoms with Gasteiger partial charge in [0, 0.05) is 12.6 Å². The monoisotopic (exact) mass is 166 g/mol. The molecule has 0 radical (unpaired) electrons. The molecule has 1 heterocycles. The average Bonchev–Trinajstić information content (AvgIpc) is 2.08. The molecule has 1 aromatic heterocycles. The molecule has 0 saturated carbocycles. The van der Waals surface area contributed by atoms with E-state index >= 15 is 0 Å². The Hall–Kier alpha value is -1.25. The highest BCUT2D eigenvalue weighted by atomic mass is 16.1. The number of carbonyl (C=O) groups excluding carboxylic acids is 1. The van der Waals surface area contributed by atoms with E-state index in [-0.39, 0.29) is 5.78 Å². The third kappa shape index (κ3) is 4.55. The van der Waals surface area contributed by atoms with Crippen LogP contribution in [0, 0.1) is 0 Å². The molecule has 0 saturated heterocycles. The van der Waals surface area contributed by atoms with Crippen LogP contribution in [0.4, 0.5) is 0 Å². The molecule has 0 aromatic carbocycles. The lowest BCUT2D eigenvalue weighted by Crippen LogP contribution is -1.96. The van der Waals surface area contributed by atoms with Crippen LogP contribution in [0.2, 0.25) is 0 Å². The standard InChI is InChI=1S/C7H8N2O.C2H6/c1-6(10)4-7-2-3-8-9-5-7;1-2/h2-3,5H,4H2,1H3;1-2H3. The van der Waals surface area contributed by atoms with Crippen LogP contribution in [0.1, 0.15) is 26.3 Å². The lowest BCUT2D eigenvalue weighted by Gasteiger charge is -1.92. The van der Waals surface area contributed by atoms with Gasteiger partial charge in [-0.15, -0.1) is 0 Å². The van der Waals surface area contributed by atoms with E-state index in [0.29, 0.717) is 6.42 Å². The van der Waals surface area contributed by atoms with E-state index in [2.05, 4.69) is 10.2 Å². The van der Waals surface area contributed by atoms with Crippen LogP contribution < -0.4 is 0 Å². The van der Waals surface area contributed by atoms with Crippen molar-refractivity contribution < 1.29 is 4.79 Å². The number of rotatable bonds is 2. The largest absolute Gasteiger partial charge is 0.300 e. The maximum absolute atomic E-state index is 10.6. The summed E-state index contributed by atoms with van der Waals surface area (Å²) in [6, 6.07) is 1.79. The fourth-order valence-corrected chi connectivity index (χ4v) is 0.710. The normalized spacial score (nSPS) is 8.25. The van der Waals surface area contributed by atoms with Gasteiger partial charge in [-0.1, -0.05) is 13.8 Å². The predicted octanol–water partition coefficient (Wildman–Crippen LogP) is 1.63. The van der Waals surface area contributed by atoms with Gasteiger partial charge in [-0.05, 0) is 18.6 Å². The highest BCUT2D eigenvalue weighted by Gasteiger charge is 1.94. The van der Waals surface area contributed by atoms with E-state index in [0.717, 1.165) is 5.56 Å². The molecule has 0 spiro atoms. The third-order valence-electron chi connectivity index (χ3n) is 1.10. The molecule has 0 unspecified atom stereocenters. The summed E-state index contributed by atoms with van der Waals surface area (Å²) in [4.78, 5) is 10.6. The van der Waals surface area contributed by atoms with E-state index in [4.69, 9.17) is 0 Å². The molecule has 0 bridgehead atoms. The molecule has 3 heteroatoms. The summed E-state index contributed by atoms with van der Waals surface area (Å²) in [7, 11) is 0. The molecule has 0 aliphatic heterocycles. The molecule has 0 aliphatic carbocycles. The van der Waals surface area contributed by atoms with Gasteiger partial charge in [0.05, 0.1) is 6.20 Å². The topological polar surface area (TPSA) is 42.9 Å². The maximum Gasteiger partial charge on any atom is 0.134 e. The minimum atomic E-state index is 0.146. The first-order valence-corrected chi connectivity index (χ1v) is 4.04. The Morgan fingerprint density at radius 1 is 1.42 bits per heavy atom. The predicted molar refractivity (Wildman–Crippen MR) is 47.8 cm³/mol.